The normalized spacial score (nSPS) is 16.8. The molecule has 1 atom stereocenters. The summed E-state index contributed by atoms with van der Waals surface area (Å²) in [6.07, 6.45) is 0.385. The first-order valence-electron chi connectivity index (χ1n) is 7.50. The van der Waals surface area contributed by atoms with Gasteiger partial charge in [-0.15, -0.1) is 0 Å². The molecule has 1 amide bonds. The van der Waals surface area contributed by atoms with Gasteiger partial charge in [-0.05, 0) is 34.7 Å². The van der Waals surface area contributed by atoms with Crippen molar-refractivity contribution >= 4 is 61.5 Å². The Hall–Kier alpha value is -1.55. The summed E-state index contributed by atoms with van der Waals surface area (Å²) in [6, 6.07) is 15.7. The number of benzene rings is 3. The van der Waals surface area contributed by atoms with Crippen molar-refractivity contribution in [3.05, 3.63) is 74.2 Å². The van der Waals surface area contributed by atoms with Crippen LogP contribution in [0.4, 0.5) is 5.69 Å². The number of amides is 1. The van der Waals surface area contributed by atoms with Crippen molar-refractivity contribution in [1.29, 1.82) is 0 Å². The molecule has 24 heavy (non-hydrogen) atoms. The summed E-state index contributed by atoms with van der Waals surface area (Å²) in [5.74, 6) is -0.0459. The van der Waals surface area contributed by atoms with Crippen molar-refractivity contribution in [3.8, 4) is 0 Å². The van der Waals surface area contributed by atoms with Crippen LogP contribution in [-0.2, 0) is 4.79 Å². The van der Waals surface area contributed by atoms with Gasteiger partial charge in [0.25, 0.3) is 0 Å². The third-order valence-electron chi connectivity index (χ3n) is 4.40. The molecular weight excluding hydrogens is 409 g/mol. The highest BCUT2D eigenvalue weighted by molar-refractivity contribution is 9.10. The first-order valence-corrected chi connectivity index (χ1v) is 9.05. The lowest BCUT2D eigenvalue weighted by atomic mass is 9.83. The minimum absolute atomic E-state index is 0.00560. The molecule has 0 saturated heterocycles. The number of carbonyl (C=O) groups is 1. The van der Waals surface area contributed by atoms with E-state index in [0.29, 0.717) is 16.5 Å². The molecule has 0 fully saturated rings. The third-order valence-corrected chi connectivity index (χ3v) is 5.80. The number of hydrogen-bond acceptors (Lipinski definition) is 1. The Labute approximate surface area is 157 Å². The van der Waals surface area contributed by atoms with Gasteiger partial charge in [0.1, 0.15) is 0 Å². The molecule has 1 heterocycles. The number of anilines is 1. The molecule has 3 aromatic rings. The van der Waals surface area contributed by atoms with Gasteiger partial charge in [-0.25, -0.2) is 0 Å². The van der Waals surface area contributed by atoms with Crippen LogP contribution in [0.2, 0.25) is 10.0 Å². The van der Waals surface area contributed by atoms with Gasteiger partial charge in [-0.3, -0.25) is 4.79 Å². The summed E-state index contributed by atoms with van der Waals surface area (Å²) >= 11 is 15.9. The van der Waals surface area contributed by atoms with Gasteiger partial charge < -0.3 is 5.32 Å². The zero-order valence-electron chi connectivity index (χ0n) is 12.4. The molecule has 2 nitrogen and oxygen atoms in total. The zero-order chi connectivity index (χ0) is 16.8. The SMILES string of the molecule is O=C1C[C@H](c2ccc(Cl)c(Cl)c2)c2cc(Br)c3ccccc3c2N1. The topological polar surface area (TPSA) is 29.1 Å². The predicted octanol–water partition coefficient (Wildman–Crippen LogP) is 6.38. The molecule has 120 valence electrons. The molecule has 4 rings (SSSR count). The lowest BCUT2D eigenvalue weighted by molar-refractivity contribution is -0.116. The van der Waals surface area contributed by atoms with Crippen LogP contribution in [0.3, 0.4) is 0 Å². The maximum Gasteiger partial charge on any atom is 0.225 e. The minimum Gasteiger partial charge on any atom is -0.325 e. The van der Waals surface area contributed by atoms with Crippen molar-refractivity contribution in [3.63, 3.8) is 0 Å². The van der Waals surface area contributed by atoms with Gasteiger partial charge in [0.05, 0.1) is 15.7 Å². The summed E-state index contributed by atoms with van der Waals surface area (Å²) in [5, 5.41) is 6.16. The fourth-order valence-electron chi connectivity index (χ4n) is 3.28. The number of halogens is 3. The van der Waals surface area contributed by atoms with E-state index in [4.69, 9.17) is 23.2 Å². The van der Waals surface area contributed by atoms with Gasteiger partial charge >= 0.3 is 0 Å². The summed E-state index contributed by atoms with van der Waals surface area (Å²) in [6.45, 7) is 0. The van der Waals surface area contributed by atoms with Crippen LogP contribution in [0.5, 0.6) is 0 Å². The zero-order valence-corrected chi connectivity index (χ0v) is 15.5. The fourth-order valence-corrected chi connectivity index (χ4v) is 4.18. The van der Waals surface area contributed by atoms with Gasteiger partial charge in [-0.1, -0.05) is 69.5 Å². The smallest absolute Gasteiger partial charge is 0.225 e. The van der Waals surface area contributed by atoms with E-state index in [9.17, 15) is 4.79 Å². The number of hydrogen-bond donors (Lipinski definition) is 1. The Morgan fingerprint density at radius 1 is 1.00 bits per heavy atom. The number of rotatable bonds is 1. The van der Waals surface area contributed by atoms with Crippen LogP contribution >= 0.6 is 39.1 Å². The Morgan fingerprint density at radius 3 is 2.50 bits per heavy atom. The van der Waals surface area contributed by atoms with Crippen molar-refractivity contribution in [2.45, 2.75) is 12.3 Å². The Bertz CT molecular complexity index is 987. The van der Waals surface area contributed by atoms with Crippen molar-refractivity contribution in [2.75, 3.05) is 5.32 Å². The van der Waals surface area contributed by atoms with Gasteiger partial charge in [0, 0.05) is 22.2 Å². The van der Waals surface area contributed by atoms with Crippen molar-refractivity contribution in [1.82, 2.24) is 0 Å². The lowest BCUT2D eigenvalue weighted by Crippen LogP contribution is -2.23. The van der Waals surface area contributed by atoms with E-state index >= 15 is 0 Å². The van der Waals surface area contributed by atoms with Crippen LogP contribution in [0, 0.1) is 0 Å². The molecule has 0 aromatic heterocycles. The molecule has 0 radical (unpaired) electrons. The molecule has 0 saturated carbocycles. The first kappa shape index (κ1) is 15.9. The Morgan fingerprint density at radius 2 is 1.75 bits per heavy atom. The molecule has 5 heteroatoms. The maximum absolute atomic E-state index is 12.3. The van der Waals surface area contributed by atoms with Crippen LogP contribution in [-0.4, -0.2) is 5.91 Å². The molecular formula is C19H12BrCl2NO. The highest BCUT2D eigenvalue weighted by Crippen LogP contribution is 2.44. The summed E-state index contributed by atoms with van der Waals surface area (Å²) < 4.78 is 1.01. The summed E-state index contributed by atoms with van der Waals surface area (Å²) in [4.78, 5) is 12.3. The van der Waals surface area contributed by atoms with E-state index in [-0.39, 0.29) is 11.8 Å². The van der Waals surface area contributed by atoms with Crippen molar-refractivity contribution in [2.24, 2.45) is 0 Å². The Kier molecular flexibility index (Phi) is 4.03. The van der Waals surface area contributed by atoms with E-state index < -0.39 is 0 Å². The first-order chi connectivity index (χ1) is 11.5. The highest BCUT2D eigenvalue weighted by Gasteiger charge is 2.29. The second-order valence-electron chi connectivity index (χ2n) is 5.85. The minimum atomic E-state index is -0.0515. The summed E-state index contributed by atoms with van der Waals surface area (Å²) in [5.41, 5.74) is 2.95. The average Bonchev–Trinajstić information content (AvgIpc) is 2.58. The van der Waals surface area contributed by atoms with E-state index in [1.54, 1.807) is 6.07 Å². The molecule has 3 aromatic carbocycles. The van der Waals surface area contributed by atoms with Crippen LogP contribution < -0.4 is 5.32 Å². The molecule has 1 aliphatic heterocycles. The van der Waals surface area contributed by atoms with Gasteiger partial charge in [0.2, 0.25) is 5.91 Å². The van der Waals surface area contributed by atoms with Crippen LogP contribution in [0.25, 0.3) is 10.8 Å². The van der Waals surface area contributed by atoms with E-state index in [0.717, 1.165) is 32.1 Å². The highest BCUT2D eigenvalue weighted by atomic mass is 79.9. The largest absolute Gasteiger partial charge is 0.325 e. The van der Waals surface area contributed by atoms with Gasteiger partial charge in [0.15, 0.2) is 0 Å². The van der Waals surface area contributed by atoms with Gasteiger partial charge in [-0.2, -0.15) is 0 Å². The standard InChI is InChI=1S/C19H12BrCl2NO/c20-15-8-14-13(10-5-6-16(21)17(22)7-10)9-18(24)23-19(14)12-4-2-1-3-11(12)15/h1-8,13H,9H2,(H,23,24)/t13-/m1/s1. The van der Waals surface area contributed by atoms with Crippen LogP contribution in [0.15, 0.2) is 53.0 Å². The second kappa shape index (κ2) is 6.07. The molecule has 1 aliphatic rings. The average molecular weight is 421 g/mol. The Balaban J connectivity index is 1.97. The molecule has 1 N–H and O–H groups in total. The van der Waals surface area contributed by atoms with E-state index in [2.05, 4.69) is 27.3 Å². The second-order valence-corrected chi connectivity index (χ2v) is 7.52. The van der Waals surface area contributed by atoms with E-state index in [1.807, 2.05) is 36.4 Å². The maximum atomic E-state index is 12.3. The van der Waals surface area contributed by atoms with E-state index in [1.165, 1.54) is 0 Å². The molecule has 0 aliphatic carbocycles. The number of fused-ring (bicyclic) bond motifs is 3. The lowest BCUT2D eigenvalue weighted by Gasteiger charge is -2.28. The summed E-state index contributed by atoms with van der Waals surface area (Å²) in [7, 11) is 0. The number of nitrogens with one attached hydrogen (secondary N) is 1. The molecule has 0 spiro atoms. The predicted molar refractivity (Wildman–Crippen MR) is 103 cm³/mol. The molecule has 0 unspecified atom stereocenters. The molecule has 0 bridgehead atoms. The monoisotopic (exact) mass is 419 g/mol. The fraction of sp³-hybridized carbons (Fsp3) is 0.105. The number of carbonyl (C=O) groups excluding carboxylic acids is 1. The van der Waals surface area contributed by atoms with Crippen LogP contribution in [0.1, 0.15) is 23.5 Å². The van der Waals surface area contributed by atoms with Crippen molar-refractivity contribution < 1.29 is 4.79 Å². The third kappa shape index (κ3) is 2.61. The quantitative estimate of drug-likeness (QED) is 0.485.